The number of carbonyl (C=O) groups excluding carboxylic acids is 1. The van der Waals surface area contributed by atoms with Crippen molar-refractivity contribution in [1.29, 1.82) is 0 Å². The number of rotatable bonds is 6. The van der Waals surface area contributed by atoms with E-state index in [4.69, 9.17) is 10.8 Å². The molecule has 1 atom stereocenters. The quantitative estimate of drug-likeness (QED) is 0.635. The summed E-state index contributed by atoms with van der Waals surface area (Å²) in [5, 5.41) is 19.2. The second-order valence-corrected chi connectivity index (χ2v) is 5.17. The van der Waals surface area contributed by atoms with Gasteiger partial charge in [-0.15, -0.1) is 10.2 Å². The molecule has 106 valence electrons. The minimum atomic E-state index is -0.975. The summed E-state index contributed by atoms with van der Waals surface area (Å²) in [4.78, 5) is 22.5. The van der Waals surface area contributed by atoms with E-state index >= 15 is 0 Å². The number of carboxylic acids is 1. The van der Waals surface area contributed by atoms with Crippen LogP contribution in [-0.4, -0.2) is 43.5 Å². The number of aliphatic carboxylic acids is 1. The monoisotopic (exact) mass is 287 g/mol. The highest BCUT2D eigenvalue weighted by Gasteiger charge is 2.22. The fourth-order valence-corrected chi connectivity index (χ4v) is 2.14. The van der Waals surface area contributed by atoms with Gasteiger partial charge >= 0.3 is 5.97 Å². The molecule has 1 heterocycles. The van der Waals surface area contributed by atoms with Crippen LogP contribution in [0.25, 0.3) is 0 Å². The van der Waals surface area contributed by atoms with Crippen LogP contribution in [0.5, 0.6) is 0 Å². The van der Waals surface area contributed by atoms with Crippen molar-refractivity contribution in [3.63, 3.8) is 0 Å². The highest BCUT2D eigenvalue weighted by molar-refractivity contribution is 7.99. The van der Waals surface area contributed by atoms with Gasteiger partial charge in [-0.05, 0) is 20.8 Å². The van der Waals surface area contributed by atoms with E-state index in [-0.39, 0.29) is 23.7 Å². The van der Waals surface area contributed by atoms with Crippen LogP contribution in [0.1, 0.15) is 26.8 Å². The molecule has 4 N–H and O–H groups in total. The first-order chi connectivity index (χ1) is 8.82. The van der Waals surface area contributed by atoms with E-state index in [1.807, 2.05) is 13.8 Å². The first kappa shape index (κ1) is 15.3. The molecule has 1 rings (SSSR count). The summed E-state index contributed by atoms with van der Waals surface area (Å²) in [6, 6.07) is -0.600. The predicted octanol–water partition coefficient (Wildman–Crippen LogP) is 0.123. The molecule has 8 nitrogen and oxygen atoms in total. The average Bonchev–Trinajstić information content (AvgIpc) is 2.66. The van der Waals surface area contributed by atoms with Gasteiger partial charge in [-0.1, -0.05) is 11.8 Å². The van der Waals surface area contributed by atoms with Crippen LogP contribution in [0.4, 0.5) is 5.95 Å². The van der Waals surface area contributed by atoms with Gasteiger partial charge in [0.05, 0.1) is 5.75 Å². The molecule has 19 heavy (non-hydrogen) atoms. The van der Waals surface area contributed by atoms with E-state index in [1.54, 1.807) is 6.92 Å². The second kappa shape index (κ2) is 6.41. The normalized spacial score (nSPS) is 12.4. The lowest BCUT2D eigenvalue weighted by molar-refractivity contribution is -0.134. The van der Waals surface area contributed by atoms with Gasteiger partial charge in [0, 0.05) is 6.04 Å². The zero-order valence-corrected chi connectivity index (χ0v) is 11.8. The van der Waals surface area contributed by atoms with E-state index in [0.717, 1.165) is 11.8 Å². The van der Waals surface area contributed by atoms with Crippen molar-refractivity contribution in [1.82, 2.24) is 20.1 Å². The average molecular weight is 287 g/mol. The molecule has 1 aromatic heterocycles. The zero-order chi connectivity index (χ0) is 14.6. The molecule has 1 amide bonds. The molecule has 1 unspecified atom stereocenters. The van der Waals surface area contributed by atoms with Crippen LogP contribution >= 0.6 is 11.8 Å². The number of nitrogen functional groups attached to an aromatic ring is 1. The Labute approximate surface area is 114 Å². The minimum Gasteiger partial charge on any atom is -0.481 e. The lowest BCUT2D eigenvalue weighted by atomic mass is 10.3. The Hall–Kier alpha value is -1.77. The van der Waals surface area contributed by atoms with Crippen LogP contribution in [0, 0.1) is 0 Å². The van der Waals surface area contributed by atoms with Gasteiger partial charge in [0.15, 0.2) is 5.16 Å². The van der Waals surface area contributed by atoms with Gasteiger partial charge in [0.1, 0.15) is 6.04 Å². The van der Waals surface area contributed by atoms with Crippen LogP contribution in [0.15, 0.2) is 5.16 Å². The number of amides is 1. The third-order valence-corrected chi connectivity index (χ3v) is 3.14. The van der Waals surface area contributed by atoms with Crippen molar-refractivity contribution in [2.45, 2.75) is 38.0 Å². The topological polar surface area (TPSA) is 123 Å². The van der Waals surface area contributed by atoms with E-state index in [9.17, 15) is 9.59 Å². The number of hydrogen-bond donors (Lipinski definition) is 3. The Morgan fingerprint density at radius 1 is 1.42 bits per heavy atom. The number of carboxylic acid groups (broad SMARTS) is 1. The third kappa shape index (κ3) is 4.12. The Morgan fingerprint density at radius 3 is 2.58 bits per heavy atom. The molecule has 0 bridgehead atoms. The number of nitrogens with two attached hydrogens (primary N) is 1. The summed E-state index contributed by atoms with van der Waals surface area (Å²) in [5.41, 5.74) is 5.67. The molecule has 0 aliphatic heterocycles. The number of anilines is 1. The van der Waals surface area contributed by atoms with E-state index in [1.165, 1.54) is 4.57 Å². The smallest absolute Gasteiger partial charge is 0.313 e. The van der Waals surface area contributed by atoms with Crippen molar-refractivity contribution in [2.75, 3.05) is 11.5 Å². The summed E-state index contributed by atoms with van der Waals surface area (Å²) < 4.78 is 1.42. The van der Waals surface area contributed by atoms with Crippen LogP contribution < -0.4 is 11.1 Å². The highest BCUT2D eigenvalue weighted by Crippen LogP contribution is 2.22. The first-order valence-electron chi connectivity index (χ1n) is 5.68. The number of carbonyl (C=O) groups is 2. The number of thioether (sulfide) groups is 1. The van der Waals surface area contributed by atoms with E-state index in [0.29, 0.717) is 5.16 Å². The second-order valence-electron chi connectivity index (χ2n) is 4.23. The summed E-state index contributed by atoms with van der Waals surface area (Å²) >= 11 is 0.970. The maximum Gasteiger partial charge on any atom is 0.313 e. The minimum absolute atomic E-state index is 0.00257. The third-order valence-electron chi connectivity index (χ3n) is 2.21. The van der Waals surface area contributed by atoms with Crippen LogP contribution in [0.2, 0.25) is 0 Å². The molecular weight excluding hydrogens is 270 g/mol. The van der Waals surface area contributed by atoms with E-state index < -0.39 is 12.0 Å². The van der Waals surface area contributed by atoms with Gasteiger partial charge < -0.3 is 16.2 Å². The zero-order valence-electron chi connectivity index (χ0n) is 11.0. The highest BCUT2D eigenvalue weighted by atomic mass is 32.2. The Morgan fingerprint density at radius 2 is 2.05 bits per heavy atom. The molecule has 1 aromatic rings. The molecule has 0 aliphatic rings. The van der Waals surface area contributed by atoms with Crippen LogP contribution in [0.3, 0.4) is 0 Å². The van der Waals surface area contributed by atoms with Crippen molar-refractivity contribution in [3.8, 4) is 0 Å². The molecular formula is C10H17N5O3S. The summed E-state index contributed by atoms with van der Waals surface area (Å²) in [6.45, 7) is 5.35. The maximum absolute atomic E-state index is 11.9. The summed E-state index contributed by atoms with van der Waals surface area (Å²) in [6.07, 6.45) is 0. The Kier molecular flexibility index (Phi) is 5.16. The maximum atomic E-state index is 11.9. The summed E-state index contributed by atoms with van der Waals surface area (Å²) in [5.74, 6) is -1.29. The van der Waals surface area contributed by atoms with Gasteiger partial charge in [0.25, 0.3) is 0 Å². The van der Waals surface area contributed by atoms with Crippen molar-refractivity contribution in [3.05, 3.63) is 0 Å². The van der Waals surface area contributed by atoms with Gasteiger partial charge in [-0.2, -0.15) is 0 Å². The van der Waals surface area contributed by atoms with Crippen molar-refractivity contribution < 1.29 is 14.7 Å². The molecule has 0 saturated heterocycles. The summed E-state index contributed by atoms with van der Waals surface area (Å²) in [7, 11) is 0. The molecule has 0 radical (unpaired) electrons. The SMILES string of the molecule is CC(C)NC(=O)C(C)n1c(N)nnc1SCC(=O)O. The predicted molar refractivity (Wildman–Crippen MR) is 70.8 cm³/mol. The lowest BCUT2D eigenvalue weighted by Gasteiger charge is -2.17. The van der Waals surface area contributed by atoms with E-state index in [2.05, 4.69) is 15.5 Å². The molecule has 0 aromatic carbocycles. The van der Waals surface area contributed by atoms with Gasteiger partial charge in [-0.25, -0.2) is 0 Å². The molecule has 9 heteroatoms. The van der Waals surface area contributed by atoms with Crippen LogP contribution in [-0.2, 0) is 9.59 Å². The number of nitrogens with one attached hydrogen (secondary N) is 1. The fourth-order valence-electron chi connectivity index (χ4n) is 1.40. The largest absolute Gasteiger partial charge is 0.481 e. The molecule has 0 aliphatic carbocycles. The molecule has 0 saturated carbocycles. The Balaban J connectivity index is 2.89. The van der Waals surface area contributed by atoms with Crippen molar-refractivity contribution >= 4 is 29.6 Å². The molecule has 0 fully saturated rings. The fraction of sp³-hybridized carbons (Fsp3) is 0.600. The first-order valence-corrected chi connectivity index (χ1v) is 6.66. The number of nitrogens with zero attached hydrogens (tertiary/aromatic N) is 3. The lowest BCUT2D eigenvalue weighted by Crippen LogP contribution is -2.36. The standard InChI is InChI=1S/C10H17N5O3S/c1-5(2)12-8(18)6(3)15-9(11)13-14-10(15)19-4-7(16)17/h5-6H,4H2,1-3H3,(H2,11,13)(H,12,18)(H,16,17). The van der Waals surface area contributed by atoms with Gasteiger partial charge in [0.2, 0.25) is 11.9 Å². The van der Waals surface area contributed by atoms with Crippen molar-refractivity contribution in [2.24, 2.45) is 0 Å². The number of hydrogen-bond acceptors (Lipinski definition) is 6. The molecule has 0 spiro atoms. The Bertz CT molecular complexity index is 474. The number of aromatic nitrogens is 3. The van der Waals surface area contributed by atoms with Gasteiger partial charge in [-0.3, -0.25) is 14.2 Å².